The standard InChI is InChI=1S/C10H13N.C8H10.C7H11N.C2H6.C2H4/c1-8(2)11-10-6-4-9(3)5-7-10;1-7-3-5-8(2)6-4-7;1-3-7(2)5-4-6-8;2*1-2/h4-7,11H,1H2,2-3H3;3-6H,1-2H3;3-6,8H,1-2H3;1-2H3;1-2H2/b;;5-4-,7-3-,8-6?;;. The first kappa shape index (κ1) is 32.5. The van der Waals surface area contributed by atoms with Crippen molar-refractivity contribution >= 4 is 11.9 Å². The zero-order valence-electron chi connectivity index (χ0n) is 21.0. The highest BCUT2D eigenvalue weighted by molar-refractivity contribution is 5.68. The molecule has 0 spiro atoms. The average Bonchev–Trinajstić information content (AvgIpc) is 2.79. The molecule has 0 aliphatic carbocycles. The van der Waals surface area contributed by atoms with Crippen molar-refractivity contribution in [3.63, 3.8) is 0 Å². The average molecular weight is 421 g/mol. The van der Waals surface area contributed by atoms with E-state index >= 15 is 0 Å². The van der Waals surface area contributed by atoms with Crippen LogP contribution in [0.5, 0.6) is 0 Å². The largest absolute Gasteiger partial charge is 0.360 e. The molecule has 31 heavy (non-hydrogen) atoms. The third kappa shape index (κ3) is 23.0. The maximum absolute atomic E-state index is 6.63. The molecule has 0 atom stereocenters. The van der Waals surface area contributed by atoms with Crippen molar-refractivity contribution in [2.45, 2.75) is 55.4 Å². The Morgan fingerprint density at radius 2 is 1.16 bits per heavy atom. The summed E-state index contributed by atoms with van der Waals surface area (Å²) in [5, 5.41) is 9.77. The van der Waals surface area contributed by atoms with E-state index in [0.717, 1.165) is 11.4 Å². The Balaban J connectivity index is -0.000000356. The maximum Gasteiger partial charge on any atom is 0.0381 e. The van der Waals surface area contributed by atoms with Gasteiger partial charge in [0.15, 0.2) is 0 Å². The van der Waals surface area contributed by atoms with Crippen LogP contribution in [0, 0.1) is 26.2 Å². The fraction of sp³-hybridized carbons (Fsp3) is 0.276. The highest BCUT2D eigenvalue weighted by Gasteiger charge is 1.88. The Hall–Kier alpha value is -3.13. The van der Waals surface area contributed by atoms with E-state index in [1.54, 1.807) is 6.08 Å². The minimum atomic E-state index is 0.967. The molecule has 2 heteroatoms. The Morgan fingerprint density at radius 3 is 1.45 bits per heavy atom. The van der Waals surface area contributed by atoms with Gasteiger partial charge in [0.2, 0.25) is 0 Å². The van der Waals surface area contributed by atoms with Gasteiger partial charge in [-0.1, -0.05) is 91.2 Å². The van der Waals surface area contributed by atoms with Crippen molar-refractivity contribution in [1.29, 1.82) is 5.41 Å². The summed E-state index contributed by atoms with van der Waals surface area (Å²) in [6.07, 6.45) is 6.87. The third-order valence-corrected chi connectivity index (χ3v) is 3.54. The molecule has 0 heterocycles. The van der Waals surface area contributed by atoms with Crippen molar-refractivity contribution in [1.82, 2.24) is 0 Å². The summed E-state index contributed by atoms with van der Waals surface area (Å²) in [7, 11) is 0. The lowest BCUT2D eigenvalue weighted by Gasteiger charge is -2.04. The molecule has 2 N–H and O–H groups in total. The molecule has 0 fully saturated rings. The molecule has 0 bridgehead atoms. The number of rotatable bonds is 4. The molecule has 0 saturated heterocycles. The van der Waals surface area contributed by atoms with Crippen molar-refractivity contribution < 1.29 is 0 Å². The van der Waals surface area contributed by atoms with Gasteiger partial charge < -0.3 is 10.7 Å². The number of benzene rings is 2. The Bertz CT molecular complexity index is 727. The van der Waals surface area contributed by atoms with Crippen molar-refractivity contribution in [3.8, 4) is 0 Å². The van der Waals surface area contributed by atoms with Crippen molar-refractivity contribution in [2.24, 2.45) is 0 Å². The van der Waals surface area contributed by atoms with E-state index in [2.05, 4.69) is 82.2 Å². The molecule has 0 amide bonds. The predicted molar refractivity (Wildman–Crippen MR) is 145 cm³/mol. The summed E-state index contributed by atoms with van der Waals surface area (Å²) in [6, 6.07) is 16.7. The molecular formula is C29H44N2. The molecule has 0 aliphatic rings. The van der Waals surface area contributed by atoms with Gasteiger partial charge in [0.1, 0.15) is 0 Å². The minimum Gasteiger partial charge on any atom is -0.360 e. The van der Waals surface area contributed by atoms with Crippen LogP contribution in [0.15, 0.2) is 97.8 Å². The van der Waals surface area contributed by atoms with Gasteiger partial charge in [-0.3, -0.25) is 0 Å². The molecule has 0 aromatic heterocycles. The van der Waals surface area contributed by atoms with E-state index in [0.29, 0.717) is 0 Å². The van der Waals surface area contributed by atoms with E-state index in [1.807, 2.05) is 58.9 Å². The first-order chi connectivity index (χ1) is 14.8. The van der Waals surface area contributed by atoms with Crippen LogP contribution in [0.1, 0.15) is 51.3 Å². The Kier molecular flexibility index (Phi) is 24.3. The lowest BCUT2D eigenvalue weighted by atomic mass is 10.2. The molecule has 0 saturated carbocycles. The van der Waals surface area contributed by atoms with Crippen molar-refractivity contribution in [3.05, 3.63) is 114 Å². The van der Waals surface area contributed by atoms with Crippen LogP contribution in [0.4, 0.5) is 5.69 Å². The maximum atomic E-state index is 6.63. The summed E-state index contributed by atoms with van der Waals surface area (Å²) in [5.74, 6) is 0. The predicted octanol–water partition coefficient (Wildman–Crippen LogP) is 9.23. The van der Waals surface area contributed by atoms with Crippen LogP contribution in [0.3, 0.4) is 0 Å². The van der Waals surface area contributed by atoms with Crippen LogP contribution in [-0.2, 0) is 0 Å². The molecule has 2 nitrogen and oxygen atoms in total. The Morgan fingerprint density at radius 1 is 0.806 bits per heavy atom. The smallest absolute Gasteiger partial charge is 0.0381 e. The molecule has 2 aromatic rings. The normalized spacial score (nSPS) is 9.23. The molecule has 0 unspecified atom stereocenters. The summed E-state index contributed by atoms with van der Waals surface area (Å²) < 4.78 is 0. The second kappa shape index (κ2) is 23.2. The van der Waals surface area contributed by atoms with Gasteiger partial charge in [-0.05, 0) is 59.8 Å². The summed E-state index contributed by atoms with van der Waals surface area (Å²) in [6.45, 7) is 25.9. The fourth-order valence-corrected chi connectivity index (χ4v) is 1.82. The zero-order valence-corrected chi connectivity index (χ0v) is 21.0. The van der Waals surface area contributed by atoms with Crippen LogP contribution >= 0.6 is 0 Å². The second-order valence-electron chi connectivity index (χ2n) is 6.48. The first-order valence-electron chi connectivity index (χ1n) is 10.6. The van der Waals surface area contributed by atoms with E-state index < -0.39 is 0 Å². The van der Waals surface area contributed by atoms with Crippen LogP contribution in [0.25, 0.3) is 0 Å². The summed E-state index contributed by atoms with van der Waals surface area (Å²) in [5.41, 5.74) is 7.19. The summed E-state index contributed by atoms with van der Waals surface area (Å²) >= 11 is 0. The monoisotopic (exact) mass is 420 g/mol. The highest BCUT2D eigenvalue weighted by atomic mass is 14.9. The van der Waals surface area contributed by atoms with Gasteiger partial charge in [0.25, 0.3) is 0 Å². The number of anilines is 1. The number of allylic oxidation sites excluding steroid dienone is 5. The number of nitrogens with one attached hydrogen (secondary N) is 2. The third-order valence-electron chi connectivity index (χ3n) is 3.54. The molecule has 2 aromatic carbocycles. The second-order valence-corrected chi connectivity index (χ2v) is 6.48. The first-order valence-corrected chi connectivity index (χ1v) is 10.6. The van der Waals surface area contributed by atoms with Crippen molar-refractivity contribution in [2.75, 3.05) is 5.32 Å². The summed E-state index contributed by atoms with van der Waals surface area (Å²) in [4.78, 5) is 0. The van der Waals surface area contributed by atoms with E-state index in [1.165, 1.54) is 28.5 Å². The fourth-order valence-electron chi connectivity index (χ4n) is 1.82. The molecule has 0 radical (unpaired) electrons. The topological polar surface area (TPSA) is 35.9 Å². The highest BCUT2D eigenvalue weighted by Crippen LogP contribution is 2.09. The van der Waals surface area contributed by atoms with Gasteiger partial charge in [0, 0.05) is 17.6 Å². The Labute approximate surface area is 192 Å². The zero-order chi connectivity index (χ0) is 24.7. The van der Waals surface area contributed by atoms with E-state index in [-0.39, 0.29) is 0 Å². The van der Waals surface area contributed by atoms with Gasteiger partial charge in [-0.2, -0.15) is 0 Å². The van der Waals surface area contributed by atoms with Gasteiger partial charge in [-0.15, -0.1) is 13.2 Å². The van der Waals surface area contributed by atoms with Crippen LogP contribution in [0.2, 0.25) is 0 Å². The molecule has 170 valence electrons. The quantitative estimate of drug-likeness (QED) is 0.288. The molecular weight excluding hydrogens is 376 g/mol. The van der Waals surface area contributed by atoms with E-state index in [4.69, 9.17) is 5.41 Å². The van der Waals surface area contributed by atoms with Gasteiger partial charge in [0.05, 0.1) is 0 Å². The van der Waals surface area contributed by atoms with Crippen LogP contribution < -0.4 is 5.32 Å². The lowest BCUT2D eigenvalue weighted by molar-refractivity contribution is 1.38. The van der Waals surface area contributed by atoms with Crippen LogP contribution in [-0.4, -0.2) is 6.21 Å². The molecule has 2 rings (SSSR count). The number of aryl methyl sites for hydroxylation is 3. The van der Waals surface area contributed by atoms with E-state index in [9.17, 15) is 0 Å². The lowest BCUT2D eigenvalue weighted by Crippen LogP contribution is -1.92. The van der Waals surface area contributed by atoms with Gasteiger partial charge in [-0.25, -0.2) is 0 Å². The SMILES string of the molecule is C/C=C(C)\C=C/C=N.C=C.C=C(C)Nc1ccc(C)cc1.CC.Cc1ccc(C)cc1. The van der Waals surface area contributed by atoms with Gasteiger partial charge >= 0.3 is 0 Å². The molecule has 0 aliphatic heterocycles. The minimum absolute atomic E-state index is 0.967. The number of hydrogen-bond acceptors (Lipinski definition) is 2. The number of hydrogen-bond donors (Lipinski definition) is 2.